The molecule has 1 aromatic carbocycles. The van der Waals surface area contributed by atoms with Crippen LogP contribution in [0.15, 0.2) is 30.9 Å². The number of hydrogen-bond acceptors (Lipinski definition) is 5. The summed E-state index contributed by atoms with van der Waals surface area (Å²) in [7, 11) is 4.72. The summed E-state index contributed by atoms with van der Waals surface area (Å²) in [6.45, 7) is 1.49. The SMILES string of the molecule is COc1cc(CCC(=O)NCCCn2ccnc2)cc(OC)c1OC. The molecule has 0 saturated carbocycles. The third-order valence-corrected chi connectivity index (χ3v) is 3.84. The highest BCUT2D eigenvalue weighted by Gasteiger charge is 2.13. The smallest absolute Gasteiger partial charge is 0.220 e. The lowest BCUT2D eigenvalue weighted by Crippen LogP contribution is -2.25. The number of aromatic nitrogens is 2. The maximum absolute atomic E-state index is 12.0. The van der Waals surface area contributed by atoms with Gasteiger partial charge < -0.3 is 24.1 Å². The summed E-state index contributed by atoms with van der Waals surface area (Å²) in [5, 5.41) is 2.94. The van der Waals surface area contributed by atoms with Crippen LogP contribution in [0.1, 0.15) is 18.4 Å². The van der Waals surface area contributed by atoms with Crippen LogP contribution in [0, 0.1) is 0 Å². The molecular weight excluding hydrogens is 322 g/mol. The van der Waals surface area contributed by atoms with E-state index in [1.807, 2.05) is 22.9 Å². The van der Waals surface area contributed by atoms with Crippen LogP contribution in [0.5, 0.6) is 17.2 Å². The molecule has 1 aromatic heterocycles. The van der Waals surface area contributed by atoms with Crippen LogP contribution in [0.4, 0.5) is 0 Å². The van der Waals surface area contributed by atoms with Crippen molar-refractivity contribution in [1.82, 2.24) is 14.9 Å². The van der Waals surface area contributed by atoms with Gasteiger partial charge in [0.15, 0.2) is 11.5 Å². The molecule has 7 heteroatoms. The van der Waals surface area contributed by atoms with Crippen LogP contribution in [0.3, 0.4) is 0 Å². The summed E-state index contributed by atoms with van der Waals surface area (Å²) in [5.74, 6) is 1.77. The second-order valence-electron chi connectivity index (χ2n) is 5.54. The zero-order chi connectivity index (χ0) is 18.1. The highest BCUT2D eigenvalue weighted by atomic mass is 16.5. The summed E-state index contributed by atoms with van der Waals surface area (Å²) < 4.78 is 17.9. The minimum Gasteiger partial charge on any atom is -0.493 e. The number of nitrogens with zero attached hydrogens (tertiary/aromatic N) is 2. The predicted octanol–water partition coefficient (Wildman–Crippen LogP) is 2.05. The minimum atomic E-state index is 0.0272. The average molecular weight is 347 g/mol. The quantitative estimate of drug-likeness (QED) is 0.666. The Hall–Kier alpha value is -2.70. The number of hydrogen-bond donors (Lipinski definition) is 1. The van der Waals surface area contributed by atoms with Crippen molar-refractivity contribution in [3.63, 3.8) is 0 Å². The van der Waals surface area contributed by atoms with Crippen LogP contribution >= 0.6 is 0 Å². The van der Waals surface area contributed by atoms with E-state index in [0.29, 0.717) is 36.6 Å². The Labute approximate surface area is 147 Å². The predicted molar refractivity (Wildman–Crippen MR) is 94.3 cm³/mol. The van der Waals surface area contributed by atoms with Crippen molar-refractivity contribution >= 4 is 5.91 Å². The highest BCUT2D eigenvalue weighted by Crippen LogP contribution is 2.38. The normalized spacial score (nSPS) is 10.4. The summed E-state index contributed by atoms with van der Waals surface area (Å²) in [6.07, 6.45) is 7.30. The van der Waals surface area contributed by atoms with Gasteiger partial charge in [-0.2, -0.15) is 0 Å². The molecule has 0 fully saturated rings. The van der Waals surface area contributed by atoms with Gasteiger partial charge in [-0.1, -0.05) is 0 Å². The van der Waals surface area contributed by atoms with Gasteiger partial charge in [0.05, 0.1) is 27.7 Å². The fourth-order valence-electron chi connectivity index (χ4n) is 2.53. The van der Waals surface area contributed by atoms with Crippen LogP contribution in [0.25, 0.3) is 0 Å². The molecule has 136 valence electrons. The molecule has 7 nitrogen and oxygen atoms in total. The molecule has 0 unspecified atom stereocenters. The zero-order valence-corrected chi connectivity index (χ0v) is 14.9. The highest BCUT2D eigenvalue weighted by molar-refractivity contribution is 5.76. The Morgan fingerprint density at radius 1 is 1.16 bits per heavy atom. The number of imidazole rings is 1. The van der Waals surface area contributed by atoms with Crippen molar-refractivity contribution < 1.29 is 19.0 Å². The minimum absolute atomic E-state index is 0.0272. The van der Waals surface area contributed by atoms with Gasteiger partial charge in [0.1, 0.15) is 0 Å². The largest absolute Gasteiger partial charge is 0.493 e. The van der Waals surface area contributed by atoms with E-state index in [0.717, 1.165) is 18.5 Å². The molecule has 2 rings (SSSR count). The number of methoxy groups -OCH3 is 3. The number of aryl methyl sites for hydroxylation is 2. The summed E-state index contributed by atoms with van der Waals surface area (Å²) in [4.78, 5) is 16.0. The van der Waals surface area contributed by atoms with Crippen LogP contribution in [-0.2, 0) is 17.8 Å². The zero-order valence-electron chi connectivity index (χ0n) is 14.9. The average Bonchev–Trinajstić information content (AvgIpc) is 3.15. The second-order valence-corrected chi connectivity index (χ2v) is 5.54. The van der Waals surface area contributed by atoms with Gasteiger partial charge >= 0.3 is 0 Å². The molecule has 2 aromatic rings. The first-order chi connectivity index (χ1) is 12.2. The van der Waals surface area contributed by atoms with Crippen molar-refractivity contribution in [2.45, 2.75) is 25.8 Å². The molecule has 0 atom stereocenters. The van der Waals surface area contributed by atoms with E-state index in [-0.39, 0.29) is 5.91 Å². The molecule has 0 aliphatic carbocycles. The number of amides is 1. The number of carbonyl (C=O) groups is 1. The number of rotatable bonds is 10. The molecular formula is C18H25N3O4. The molecule has 0 saturated heterocycles. The van der Waals surface area contributed by atoms with Gasteiger partial charge in [-0.15, -0.1) is 0 Å². The fraction of sp³-hybridized carbons (Fsp3) is 0.444. The van der Waals surface area contributed by atoms with E-state index in [1.165, 1.54) is 0 Å². The third-order valence-electron chi connectivity index (χ3n) is 3.84. The van der Waals surface area contributed by atoms with E-state index in [4.69, 9.17) is 14.2 Å². The first-order valence-corrected chi connectivity index (χ1v) is 8.19. The van der Waals surface area contributed by atoms with Crippen molar-refractivity contribution in [1.29, 1.82) is 0 Å². The summed E-state index contributed by atoms with van der Waals surface area (Å²) in [6, 6.07) is 3.74. The fourth-order valence-corrected chi connectivity index (χ4v) is 2.53. The summed E-state index contributed by atoms with van der Waals surface area (Å²) in [5.41, 5.74) is 0.961. The second kappa shape index (κ2) is 9.56. The standard InChI is InChI=1S/C18H25N3O4/c1-23-15-11-14(12-16(24-2)18(15)25-3)5-6-17(22)20-7-4-9-21-10-8-19-13-21/h8,10-13H,4-7,9H2,1-3H3,(H,20,22). The lowest BCUT2D eigenvalue weighted by atomic mass is 10.1. The lowest BCUT2D eigenvalue weighted by Gasteiger charge is -2.14. The van der Waals surface area contributed by atoms with Crippen molar-refractivity contribution in [3.8, 4) is 17.2 Å². The Morgan fingerprint density at radius 2 is 1.88 bits per heavy atom. The Kier molecular flexibility index (Phi) is 7.13. The Morgan fingerprint density at radius 3 is 2.44 bits per heavy atom. The van der Waals surface area contributed by atoms with E-state index in [9.17, 15) is 4.79 Å². The first-order valence-electron chi connectivity index (χ1n) is 8.19. The molecule has 1 N–H and O–H groups in total. The van der Waals surface area contributed by atoms with Crippen molar-refractivity contribution in [3.05, 3.63) is 36.4 Å². The number of benzene rings is 1. The molecule has 0 aliphatic rings. The topological polar surface area (TPSA) is 74.6 Å². The number of nitrogens with one attached hydrogen (secondary N) is 1. The summed E-state index contributed by atoms with van der Waals surface area (Å²) >= 11 is 0. The van der Waals surface area contributed by atoms with Gasteiger partial charge in [-0.25, -0.2) is 4.98 Å². The Bertz CT molecular complexity index is 646. The van der Waals surface area contributed by atoms with E-state index >= 15 is 0 Å². The third kappa shape index (κ3) is 5.41. The maximum atomic E-state index is 12.0. The molecule has 0 bridgehead atoms. The molecule has 25 heavy (non-hydrogen) atoms. The van der Waals surface area contributed by atoms with Gasteiger partial charge in [0.25, 0.3) is 0 Å². The van der Waals surface area contributed by atoms with E-state index in [1.54, 1.807) is 33.9 Å². The van der Waals surface area contributed by atoms with Crippen molar-refractivity contribution in [2.24, 2.45) is 0 Å². The molecule has 0 spiro atoms. The Balaban J connectivity index is 1.80. The van der Waals surface area contributed by atoms with Gasteiger partial charge in [-0.05, 0) is 30.5 Å². The van der Waals surface area contributed by atoms with Crippen LogP contribution in [-0.4, -0.2) is 43.3 Å². The number of carbonyl (C=O) groups excluding carboxylic acids is 1. The van der Waals surface area contributed by atoms with Gasteiger partial charge in [-0.3, -0.25) is 4.79 Å². The van der Waals surface area contributed by atoms with Gasteiger partial charge in [0, 0.05) is 31.9 Å². The van der Waals surface area contributed by atoms with Crippen molar-refractivity contribution in [2.75, 3.05) is 27.9 Å². The lowest BCUT2D eigenvalue weighted by molar-refractivity contribution is -0.121. The number of ether oxygens (including phenoxy) is 3. The first kappa shape index (κ1) is 18.6. The molecule has 0 radical (unpaired) electrons. The monoisotopic (exact) mass is 347 g/mol. The van der Waals surface area contributed by atoms with Crippen LogP contribution < -0.4 is 19.5 Å². The maximum Gasteiger partial charge on any atom is 0.220 e. The molecule has 1 heterocycles. The van der Waals surface area contributed by atoms with Gasteiger partial charge in [0.2, 0.25) is 11.7 Å². The van der Waals surface area contributed by atoms with E-state index < -0.39 is 0 Å². The van der Waals surface area contributed by atoms with Crippen LogP contribution in [0.2, 0.25) is 0 Å². The molecule has 0 aliphatic heterocycles. The molecule has 1 amide bonds. The van der Waals surface area contributed by atoms with E-state index in [2.05, 4.69) is 10.3 Å².